The maximum absolute atomic E-state index is 11.9. The fourth-order valence-corrected chi connectivity index (χ4v) is 3.14. The first-order valence-corrected chi connectivity index (χ1v) is 7.51. The van der Waals surface area contributed by atoms with Crippen LogP contribution >= 0.6 is 11.3 Å². The van der Waals surface area contributed by atoms with Gasteiger partial charge in [0.15, 0.2) is 5.13 Å². The molecule has 2 N–H and O–H groups in total. The maximum Gasteiger partial charge on any atom is 0.226 e. The lowest BCUT2D eigenvalue weighted by Gasteiger charge is -2.20. The Morgan fingerprint density at radius 1 is 1.53 bits per heavy atom. The van der Waals surface area contributed by atoms with E-state index in [0.717, 1.165) is 12.8 Å². The molecule has 5 nitrogen and oxygen atoms in total. The zero-order chi connectivity index (χ0) is 13.7. The maximum atomic E-state index is 11.9. The van der Waals surface area contributed by atoms with E-state index in [-0.39, 0.29) is 5.91 Å². The zero-order valence-corrected chi connectivity index (χ0v) is 11.9. The molecule has 1 aliphatic carbocycles. The molecule has 1 amide bonds. The molecule has 0 atom stereocenters. The number of aromatic nitrogens is 1. The van der Waals surface area contributed by atoms with E-state index in [1.165, 1.54) is 30.6 Å². The third-order valence-electron chi connectivity index (χ3n) is 3.47. The van der Waals surface area contributed by atoms with Gasteiger partial charge in [0.2, 0.25) is 5.91 Å². The van der Waals surface area contributed by atoms with Gasteiger partial charge >= 0.3 is 0 Å². The number of nitrogens with one attached hydrogen (secondary N) is 1. The Morgan fingerprint density at radius 3 is 2.95 bits per heavy atom. The van der Waals surface area contributed by atoms with Crippen LogP contribution in [0.15, 0.2) is 10.5 Å². The molecule has 1 aromatic heterocycles. The lowest BCUT2D eigenvalue weighted by atomic mass is 9.87. The van der Waals surface area contributed by atoms with E-state index in [2.05, 4.69) is 15.5 Å². The monoisotopic (exact) mass is 281 g/mol. The first-order chi connectivity index (χ1) is 9.19. The largest absolute Gasteiger partial charge is 0.411 e. The number of oxime groups is 1. The van der Waals surface area contributed by atoms with E-state index in [1.54, 1.807) is 12.3 Å². The van der Waals surface area contributed by atoms with E-state index >= 15 is 0 Å². The van der Waals surface area contributed by atoms with Crippen molar-refractivity contribution in [3.05, 3.63) is 11.1 Å². The summed E-state index contributed by atoms with van der Waals surface area (Å²) in [6.45, 7) is 1.67. The SMILES string of the molecule is CC(=NO)c1csc(NC(=O)CC2CCCCC2)n1. The van der Waals surface area contributed by atoms with Crippen molar-refractivity contribution in [2.45, 2.75) is 45.4 Å². The van der Waals surface area contributed by atoms with Gasteiger partial charge in [-0.25, -0.2) is 4.98 Å². The van der Waals surface area contributed by atoms with Crippen LogP contribution in [0, 0.1) is 5.92 Å². The molecule has 19 heavy (non-hydrogen) atoms. The van der Waals surface area contributed by atoms with Crippen LogP contribution in [0.3, 0.4) is 0 Å². The first kappa shape index (κ1) is 14.0. The Hall–Kier alpha value is -1.43. The highest BCUT2D eigenvalue weighted by molar-refractivity contribution is 7.14. The quantitative estimate of drug-likeness (QED) is 0.505. The van der Waals surface area contributed by atoms with Crippen LogP contribution < -0.4 is 5.32 Å². The summed E-state index contributed by atoms with van der Waals surface area (Å²) in [4.78, 5) is 16.1. The number of carbonyl (C=O) groups excluding carboxylic acids is 1. The average Bonchev–Trinajstić information content (AvgIpc) is 2.87. The summed E-state index contributed by atoms with van der Waals surface area (Å²) in [6, 6.07) is 0. The van der Waals surface area contributed by atoms with Gasteiger partial charge in [-0.15, -0.1) is 11.3 Å². The number of hydrogen-bond acceptors (Lipinski definition) is 5. The summed E-state index contributed by atoms with van der Waals surface area (Å²) < 4.78 is 0. The normalized spacial score (nSPS) is 17.4. The Bertz CT molecular complexity index is 464. The van der Waals surface area contributed by atoms with Crippen LogP contribution in [0.2, 0.25) is 0 Å². The van der Waals surface area contributed by atoms with Crippen LogP contribution in [-0.2, 0) is 4.79 Å². The van der Waals surface area contributed by atoms with Crippen molar-refractivity contribution >= 4 is 28.1 Å². The van der Waals surface area contributed by atoms with Gasteiger partial charge in [-0.3, -0.25) is 4.79 Å². The molecule has 2 rings (SSSR count). The summed E-state index contributed by atoms with van der Waals surface area (Å²) in [5.74, 6) is 0.556. The summed E-state index contributed by atoms with van der Waals surface area (Å²) in [6.07, 6.45) is 6.69. The first-order valence-electron chi connectivity index (χ1n) is 6.63. The Labute approximate surface area is 116 Å². The molecule has 1 fully saturated rings. The Morgan fingerprint density at radius 2 is 2.26 bits per heavy atom. The summed E-state index contributed by atoms with van der Waals surface area (Å²) >= 11 is 1.35. The predicted octanol–water partition coefficient (Wildman–Crippen LogP) is 3.25. The van der Waals surface area contributed by atoms with Crippen molar-refractivity contribution in [2.24, 2.45) is 11.1 Å². The fourth-order valence-electron chi connectivity index (χ4n) is 2.37. The molecular weight excluding hydrogens is 262 g/mol. The van der Waals surface area contributed by atoms with Crippen molar-refractivity contribution in [1.29, 1.82) is 0 Å². The van der Waals surface area contributed by atoms with Crippen molar-refractivity contribution in [1.82, 2.24) is 4.98 Å². The number of anilines is 1. The van der Waals surface area contributed by atoms with Gasteiger partial charge in [-0.2, -0.15) is 0 Å². The van der Waals surface area contributed by atoms with E-state index < -0.39 is 0 Å². The molecule has 104 valence electrons. The van der Waals surface area contributed by atoms with E-state index in [9.17, 15) is 4.79 Å². The summed E-state index contributed by atoms with van der Waals surface area (Å²) in [5, 5.41) is 16.9. The second-order valence-corrected chi connectivity index (χ2v) is 5.84. The van der Waals surface area contributed by atoms with Gasteiger partial charge in [0.1, 0.15) is 11.4 Å². The van der Waals surface area contributed by atoms with Crippen molar-refractivity contribution in [3.63, 3.8) is 0 Å². The Balaban J connectivity index is 1.86. The molecule has 0 aromatic carbocycles. The van der Waals surface area contributed by atoms with Crippen LogP contribution in [0.25, 0.3) is 0 Å². The summed E-state index contributed by atoms with van der Waals surface area (Å²) in [5.41, 5.74) is 1.05. The minimum absolute atomic E-state index is 0.0337. The minimum Gasteiger partial charge on any atom is -0.411 e. The average molecular weight is 281 g/mol. The zero-order valence-electron chi connectivity index (χ0n) is 11.1. The molecule has 6 heteroatoms. The number of thiazole rings is 1. The Kier molecular flexibility index (Phi) is 4.90. The molecule has 0 unspecified atom stereocenters. The number of carbonyl (C=O) groups is 1. The smallest absolute Gasteiger partial charge is 0.226 e. The molecule has 0 spiro atoms. The van der Waals surface area contributed by atoms with Gasteiger partial charge in [-0.05, 0) is 25.7 Å². The highest BCUT2D eigenvalue weighted by atomic mass is 32.1. The van der Waals surface area contributed by atoms with Gasteiger partial charge in [0, 0.05) is 11.8 Å². The second-order valence-electron chi connectivity index (χ2n) is 4.98. The molecule has 0 saturated heterocycles. The molecule has 0 aliphatic heterocycles. The van der Waals surface area contributed by atoms with Crippen LogP contribution in [0.1, 0.15) is 51.1 Å². The van der Waals surface area contributed by atoms with E-state index in [0.29, 0.717) is 28.9 Å². The van der Waals surface area contributed by atoms with Crippen LogP contribution in [0.5, 0.6) is 0 Å². The number of rotatable bonds is 4. The second kappa shape index (κ2) is 6.65. The van der Waals surface area contributed by atoms with E-state index in [4.69, 9.17) is 5.21 Å². The standard InChI is InChI=1S/C13H19N3O2S/c1-9(16-18)11-8-19-13(14-11)15-12(17)7-10-5-3-2-4-6-10/h8,10,18H,2-7H2,1H3,(H,14,15,17). The highest BCUT2D eigenvalue weighted by Crippen LogP contribution is 2.27. The molecule has 1 saturated carbocycles. The van der Waals surface area contributed by atoms with Crippen LogP contribution in [0.4, 0.5) is 5.13 Å². The topological polar surface area (TPSA) is 74.6 Å². The fraction of sp³-hybridized carbons (Fsp3) is 0.615. The number of nitrogens with zero attached hydrogens (tertiary/aromatic N) is 2. The van der Waals surface area contributed by atoms with Gasteiger partial charge in [0.25, 0.3) is 0 Å². The molecule has 1 heterocycles. The molecule has 1 aliphatic rings. The highest BCUT2D eigenvalue weighted by Gasteiger charge is 2.17. The van der Waals surface area contributed by atoms with Crippen molar-refractivity contribution < 1.29 is 10.0 Å². The predicted molar refractivity (Wildman–Crippen MR) is 75.9 cm³/mol. The lowest BCUT2D eigenvalue weighted by molar-refractivity contribution is -0.117. The molecule has 0 bridgehead atoms. The number of amides is 1. The van der Waals surface area contributed by atoms with Gasteiger partial charge in [-0.1, -0.05) is 24.4 Å². The van der Waals surface area contributed by atoms with Gasteiger partial charge in [0.05, 0.1) is 0 Å². The lowest BCUT2D eigenvalue weighted by Crippen LogP contribution is -2.18. The summed E-state index contributed by atoms with van der Waals surface area (Å²) in [7, 11) is 0. The van der Waals surface area contributed by atoms with Gasteiger partial charge < -0.3 is 10.5 Å². The molecule has 1 aromatic rings. The number of hydrogen-bond donors (Lipinski definition) is 2. The molecule has 0 radical (unpaired) electrons. The van der Waals surface area contributed by atoms with E-state index in [1.807, 2.05) is 0 Å². The minimum atomic E-state index is 0.0337. The van der Waals surface area contributed by atoms with Crippen molar-refractivity contribution in [2.75, 3.05) is 5.32 Å². The third-order valence-corrected chi connectivity index (χ3v) is 4.23. The molecular formula is C13H19N3O2S. The van der Waals surface area contributed by atoms with Crippen molar-refractivity contribution in [3.8, 4) is 0 Å². The third kappa shape index (κ3) is 4.02. The van der Waals surface area contributed by atoms with Crippen LogP contribution in [-0.4, -0.2) is 21.8 Å².